The minimum Gasteiger partial charge on any atom is -0.461 e. The van der Waals surface area contributed by atoms with E-state index in [1.165, 1.54) is 32.9 Å². The van der Waals surface area contributed by atoms with Crippen LogP contribution in [0.4, 0.5) is 10.5 Å². The lowest BCUT2D eigenvalue weighted by atomic mass is 10.1. The van der Waals surface area contributed by atoms with E-state index in [2.05, 4.69) is 5.43 Å². The van der Waals surface area contributed by atoms with Gasteiger partial charge in [0, 0.05) is 5.56 Å². The first-order chi connectivity index (χ1) is 22.2. The molecular weight excluding hydrogens is 650 g/mol. The third-order valence-corrected chi connectivity index (χ3v) is 9.08. The van der Waals surface area contributed by atoms with Crippen molar-refractivity contribution in [1.29, 1.82) is 0 Å². The van der Waals surface area contributed by atoms with Crippen LogP contribution in [0.1, 0.15) is 62.0 Å². The third-order valence-electron chi connectivity index (χ3n) is 6.91. The summed E-state index contributed by atoms with van der Waals surface area (Å²) in [6.07, 6.45) is -1.42. The standard InChI is InChI=1S/C33H36ClN3O9S/c1-22-18-24-12-8-9-13-27(24)37(22)35-31(40)25-14-15-26(34)28(19-25)47(42,43)36(32(41)46-33(2,3)4)21-45-30(39)17-16-29(38)44-20-23-10-6-5-7-11-23/h5-15,19,22H,16-18,20-21H2,1-4H3,(H,35,40). The van der Waals surface area contributed by atoms with Crippen LogP contribution in [0.15, 0.2) is 77.7 Å². The zero-order valence-electron chi connectivity index (χ0n) is 26.4. The number of carbonyl (C=O) groups excluding carboxylic acids is 4. The number of ether oxygens (including phenoxy) is 3. The summed E-state index contributed by atoms with van der Waals surface area (Å²) in [7, 11) is -4.85. The Morgan fingerprint density at radius 1 is 0.936 bits per heavy atom. The smallest absolute Gasteiger partial charge is 0.427 e. The highest BCUT2D eigenvalue weighted by atomic mass is 35.5. The average molecular weight is 686 g/mol. The summed E-state index contributed by atoms with van der Waals surface area (Å²) in [5.74, 6) is -2.25. The molecule has 1 aliphatic rings. The molecule has 47 heavy (non-hydrogen) atoms. The molecule has 0 bridgehead atoms. The number of nitrogens with one attached hydrogen (secondary N) is 1. The van der Waals surface area contributed by atoms with Gasteiger partial charge in [-0.05, 0) is 69.5 Å². The van der Waals surface area contributed by atoms with Crippen LogP contribution in [0.3, 0.4) is 0 Å². The lowest BCUT2D eigenvalue weighted by molar-refractivity contribution is -0.152. The molecule has 1 aliphatic heterocycles. The Hall–Kier alpha value is -4.62. The molecule has 3 aromatic rings. The number of hydrogen-bond donors (Lipinski definition) is 1. The highest BCUT2D eigenvalue weighted by molar-refractivity contribution is 7.89. The van der Waals surface area contributed by atoms with Gasteiger partial charge >= 0.3 is 18.0 Å². The molecule has 4 rings (SSSR count). The molecule has 0 fully saturated rings. The van der Waals surface area contributed by atoms with E-state index in [0.717, 1.165) is 22.9 Å². The number of halogens is 1. The normalized spacial score (nSPS) is 14.1. The van der Waals surface area contributed by atoms with E-state index >= 15 is 0 Å². The van der Waals surface area contributed by atoms with Gasteiger partial charge in [0.15, 0.2) is 6.73 Å². The predicted octanol–water partition coefficient (Wildman–Crippen LogP) is 5.39. The van der Waals surface area contributed by atoms with Crippen molar-refractivity contribution in [1.82, 2.24) is 9.73 Å². The zero-order valence-corrected chi connectivity index (χ0v) is 28.0. The van der Waals surface area contributed by atoms with Gasteiger partial charge in [-0.2, -0.15) is 4.31 Å². The summed E-state index contributed by atoms with van der Waals surface area (Å²) in [6.45, 7) is 5.45. The fraction of sp³-hybridized carbons (Fsp3) is 0.333. The molecule has 0 saturated heterocycles. The van der Waals surface area contributed by atoms with E-state index < -0.39 is 57.6 Å². The molecule has 250 valence electrons. The van der Waals surface area contributed by atoms with Crippen molar-refractivity contribution < 1.29 is 41.8 Å². The number of amides is 2. The summed E-state index contributed by atoms with van der Waals surface area (Å²) in [4.78, 5) is 50.5. The molecular formula is C33H36ClN3O9S. The lowest BCUT2D eigenvalue weighted by Crippen LogP contribution is -2.45. The van der Waals surface area contributed by atoms with Crippen LogP contribution in [-0.4, -0.2) is 55.0 Å². The van der Waals surface area contributed by atoms with Gasteiger partial charge in [-0.15, -0.1) is 0 Å². The second-order valence-corrected chi connectivity index (χ2v) is 14.0. The molecule has 0 spiro atoms. The van der Waals surface area contributed by atoms with Crippen LogP contribution in [0.25, 0.3) is 0 Å². The maximum atomic E-state index is 13.8. The number of anilines is 1. The van der Waals surface area contributed by atoms with Crippen LogP contribution in [0.5, 0.6) is 0 Å². The summed E-state index contributed by atoms with van der Waals surface area (Å²) >= 11 is 6.29. The minimum absolute atomic E-state index is 0.0155. The van der Waals surface area contributed by atoms with Crippen molar-refractivity contribution in [3.05, 3.63) is 94.5 Å². The molecule has 1 N–H and O–H groups in total. The topological polar surface area (TPSA) is 149 Å². The number of hydrazine groups is 1. The number of hydrogen-bond acceptors (Lipinski definition) is 10. The SMILES string of the molecule is CC1Cc2ccccc2N1NC(=O)c1ccc(Cl)c(S(=O)(=O)N(COC(=O)CCC(=O)OCc2ccccc2)C(=O)OC(C)(C)C)c1. The molecule has 0 radical (unpaired) electrons. The van der Waals surface area contributed by atoms with E-state index in [1.54, 1.807) is 29.3 Å². The summed E-state index contributed by atoms with van der Waals surface area (Å²) < 4.78 is 43.4. The van der Waals surface area contributed by atoms with Crippen LogP contribution < -0.4 is 10.4 Å². The number of esters is 2. The summed E-state index contributed by atoms with van der Waals surface area (Å²) in [6, 6.07) is 20.0. The van der Waals surface area contributed by atoms with Crippen molar-refractivity contribution in [2.45, 2.75) is 70.1 Å². The van der Waals surface area contributed by atoms with E-state index in [1.807, 2.05) is 37.3 Å². The van der Waals surface area contributed by atoms with Gasteiger partial charge in [0.1, 0.15) is 17.1 Å². The highest BCUT2D eigenvalue weighted by Crippen LogP contribution is 2.31. The number of fused-ring (bicyclic) bond motifs is 1. The molecule has 2 amide bonds. The Labute approximate surface area is 278 Å². The molecule has 1 unspecified atom stereocenters. The van der Waals surface area contributed by atoms with Crippen molar-refractivity contribution in [3.63, 3.8) is 0 Å². The fourth-order valence-corrected chi connectivity index (χ4v) is 6.28. The van der Waals surface area contributed by atoms with Crippen molar-refractivity contribution in [2.24, 2.45) is 0 Å². The molecule has 12 nitrogen and oxygen atoms in total. The molecule has 1 heterocycles. The van der Waals surface area contributed by atoms with E-state index in [4.69, 9.17) is 25.8 Å². The largest absolute Gasteiger partial charge is 0.461 e. The molecule has 14 heteroatoms. The van der Waals surface area contributed by atoms with Gasteiger partial charge < -0.3 is 14.2 Å². The summed E-state index contributed by atoms with van der Waals surface area (Å²) in [5, 5.41) is 1.41. The van der Waals surface area contributed by atoms with Crippen molar-refractivity contribution in [3.8, 4) is 0 Å². The number of benzene rings is 3. The van der Waals surface area contributed by atoms with Crippen LogP contribution in [0, 0.1) is 0 Å². The summed E-state index contributed by atoms with van der Waals surface area (Å²) in [5.41, 5.74) is 4.26. The highest BCUT2D eigenvalue weighted by Gasteiger charge is 2.36. The van der Waals surface area contributed by atoms with Crippen molar-refractivity contribution in [2.75, 3.05) is 11.7 Å². The van der Waals surface area contributed by atoms with Gasteiger partial charge in [0.25, 0.3) is 15.9 Å². The Balaban J connectivity index is 1.48. The van der Waals surface area contributed by atoms with Gasteiger partial charge in [-0.3, -0.25) is 24.8 Å². The molecule has 3 aromatic carbocycles. The van der Waals surface area contributed by atoms with Gasteiger partial charge in [0.05, 0.1) is 29.6 Å². The zero-order chi connectivity index (χ0) is 34.4. The minimum atomic E-state index is -4.85. The third kappa shape index (κ3) is 9.23. The fourth-order valence-electron chi connectivity index (χ4n) is 4.62. The Bertz CT molecular complexity index is 1740. The van der Waals surface area contributed by atoms with Gasteiger partial charge in [-0.1, -0.05) is 60.1 Å². The first-order valence-corrected chi connectivity index (χ1v) is 16.6. The van der Waals surface area contributed by atoms with Gasteiger partial charge in [0.2, 0.25) is 0 Å². The van der Waals surface area contributed by atoms with Crippen LogP contribution in [0.2, 0.25) is 5.02 Å². The first-order valence-electron chi connectivity index (χ1n) is 14.7. The average Bonchev–Trinajstić information content (AvgIpc) is 3.33. The maximum Gasteiger partial charge on any atom is 0.427 e. The van der Waals surface area contributed by atoms with Crippen LogP contribution >= 0.6 is 11.6 Å². The Kier molecular flexibility index (Phi) is 11.1. The Morgan fingerprint density at radius 3 is 2.26 bits per heavy atom. The number of rotatable bonds is 11. The van der Waals surface area contributed by atoms with Gasteiger partial charge in [-0.25, -0.2) is 13.2 Å². The lowest BCUT2D eigenvalue weighted by Gasteiger charge is -2.27. The Morgan fingerprint density at radius 2 is 1.57 bits per heavy atom. The maximum absolute atomic E-state index is 13.8. The molecule has 0 saturated carbocycles. The van der Waals surface area contributed by atoms with E-state index in [9.17, 15) is 27.6 Å². The van der Waals surface area contributed by atoms with E-state index in [0.29, 0.717) is 6.42 Å². The quantitative estimate of drug-likeness (QED) is 0.158. The van der Waals surface area contributed by atoms with Crippen LogP contribution in [-0.2, 0) is 46.9 Å². The predicted molar refractivity (Wildman–Crippen MR) is 173 cm³/mol. The second-order valence-electron chi connectivity index (χ2n) is 11.8. The van der Waals surface area contributed by atoms with E-state index in [-0.39, 0.29) is 34.0 Å². The molecule has 0 aromatic heterocycles. The number of nitrogens with zero attached hydrogens (tertiary/aromatic N) is 2. The number of sulfonamides is 1. The number of para-hydroxylation sites is 1. The number of carbonyl (C=O) groups is 4. The second kappa shape index (κ2) is 14.9. The monoisotopic (exact) mass is 685 g/mol. The molecule has 1 atom stereocenters. The first kappa shape index (κ1) is 35.2. The molecule has 0 aliphatic carbocycles. The van der Waals surface area contributed by atoms with Crippen molar-refractivity contribution >= 4 is 51.3 Å².